The maximum Gasteiger partial charge on any atom is 0.338 e. The maximum absolute atomic E-state index is 11.4. The summed E-state index contributed by atoms with van der Waals surface area (Å²) < 4.78 is 0. The molecular formula is C15H24N2O2S. The van der Waals surface area contributed by atoms with Crippen molar-refractivity contribution in [3.05, 3.63) is 23.8 Å². The summed E-state index contributed by atoms with van der Waals surface area (Å²) in [4.78, 5) is 14.4. The van der Waals surface area contributed by atoms with Crippen molar-refractivity contribution in [3.8, 4) is 0 Å². The highest BCUT2D eigenvalue weighted by atomic mass is 32.2. The van der Waals surface area contributed by atoms with Crippen LogP contribution in [0.2, 0.25) is 0 Å². The highest BCUT2D eigenvalue weighted by Crippen LogP contribution is 2.27. The third-order valence-corrected chi connectivity index (χ3v) is 4.36. The van der Waals surface area contributed by atoms with E-state index in [1.807, 2.05) is 24.5 Å². The molecular weight excluding hydrogens is 272 g/mol. The third kappa shape index (κ3) is 4.42. The molecule has 0 saturated heterocycles. The average Bonchev–Trinajstić information content (AvgIpc) is 2.45. The van der Waals surface area contributed by atoms with Gasteiger partial charge >= 0.3 is 5.97 Å². The number of likely N-dealkylation sites (N-methyl/N-ethyl adjacent to an activating group) is 1. The predicted octanol–water partition coefficient (Wildman–Crippen LogP) is 3.25. The number of carboxylic acid groups (broad SMARTS) is 1. The molecule has 0 fully saturated rings. The number of anilines is 1. The largest absolute Gasteiger partial charge is 0.478 e. The van der Waals surface area contributed by atoms with Gasteiger partial charge in [0.25, 0.3) is 0 Å². The Morgan fingerprint density at radius 2 is 2.20 bits per heavy atom. The zero-order valence-electron chi connectivity index (χ0n) is 12.6. The SMILES string of the molecule is CCC(C)N(C)CCNc1cccc(SC)c1C(=O)O. The number of nitrogens with zero attached hydrogens (tertiary/aromatic N) is 1. The fourth-order valence-corrected chi connectivity index (χ4v) is 2.58. The van der Waals surface area contributed by atoms with Crippen LogP contribution >= 0.6 is 11.8 Å². The lowest BCUT2D eigenvalue weighted by atomic mass is 10.1. The zero-order valence-corrected chi connectivity index (χ0v) is 13.5. The van der Waals surface area contributed by atoms with Gasteiger partial charge in [0.2, 0.25) is 0 Å². The first kappa shape index (κ1) is 16.9. The molecule has 0 bridgehead atoms. The molecule has 0 spiro atoms. The van der Waals surface area contributed by atoms with Crippen molar-refractivity contribution in [2.45, 2.75) is 31.2 Å². The monoisotopic (exact) mass is 296 g/mol. The van der Waals surface area contributed by atoms with Gasteiger partial charge in [-0.3, -0.25) is 0 Å². The smallest absolute Gasteiger partial charge is 0.338 e. The Kier molecular flexibility index (Phi) is 6.88. The van der Waals surface area contributed by atoms with Gasteiger partial charge in [0, 0.05) is 29.7 Å². The second-order valence-corrected chi connectivity index (χ2v) is 5.70. The van der Waals surface area contributed by atoms with E-state index in [0.717, 1.165) is 24.4 Å². The number of carbonyl (C=O) groups is 1. The summed E-state index contributed by atoms with van der Waals surface area (Å²) in [6.07, 6.45) is 3.00. The first-order chi connectivity index (χ1) is 9.51. The Bertz CT molecular complexity index is 451. The van der Waals surface area contributed by atoms with Crippen molar-refractivity contribution < 1.29 is 9.90 Å². The molecule has 2 N–H and O–H groups in total. The Labute approximate surface area is 125 Å². The molecule has 0 aliphatic heterocycles. The van der Waals surface area contributed by atoms with Crippen molar-refractivity contribution in [2.24, 2.45) is 0 Å². The number of carboxylic acids is 1. The predicted molar refractivity (Wildman–Crippen MR) is 86.1 cm³/mol. The molecule has 0 aliphatic rings. The molecule has 1 rings (SSSR count). The molecule has 0 amide bonds. The summed E-state index contributed by atoms with van der Waals surface area (Å²) in [5, 5.41) is 12.6. The minimum absolute atomic E-state index is 0.367. The molecule has 0 aromatic heterocycles. The van der Waals surface area contributed by atoms with E-state index in [4.69, 9.17) is 0 Å². The average molecular weight is 296 g/mol. The molecule has 0 radical (unpaired) electrons. The first-order valence-corrected chi connectivity index (χ1v) is 8.08. The fraction of sp³-hybridized carbons (Fsp3) is 0.533. The number of rotatable bonds is 8. The Hall–Kier alpha value is -1.20. The summed E-state index contributed by atoms with van der Waals surface area (Å²) in [5.74, 6) is -0.882. The molecule has 0 heterocycles. The van der Waals surface area contributed by atoms with Gasteiger partial charge in [0.15, 0.2) is 0 Å². The molecule has 0 aliphatic carbocycles. The third-order valence-electron chi connectivity index (χ3n) is 3.58. The highest BCUT2D eigenvalue weighted by molar-refractivity contribution is 7.98. The Balaban J connectivity index is 2.71. The van der Waals surface area contributed by atoms with Gasteiger partial charge in [0.1, 0.15) is 0 Å². The zero-order chi connectivity index (χ0) is 15.1. The number of hydrogen-bond donors (Lipinski definition) is 2. The van der Waals surface area contributed by atoms with Crippen LogP contribution in [0.5, 0.6) is 0 Å². The van der Waals surface area contributed by atoms with Crippen LogP contribution in [0.3, 0.4) is 0 Å². The first-order valence-electron chi connectivity index (χ1n) is 6.85. The molecule has 1 aromatic rings. The molecule has 0 saturated carbocycles. The lowest BCUT2D eigenvalue weighted by Gasteiger charge is -2.24. The van der Waals surface area contributed by atoms with Crippen LogP contribution in [-0.2, 0) is 0 Å². The topological polar surface area (TPSA) is 52.6 Å². The van der Waals surface area contributed by atoms with Gasteiger partial charge in [-0.05, 0) is 38.8 Å². The molecule has 5 heteroatoms. The number of aromatic carboxylic acids is 1. The number of thioether (sulfide) groups is 1. The standard InChI is InChI=1S/C15H24N2O2S/c1-5-11(2)17(3)10-9-16-12-7-6-8-13(20-4)14(12)15(18)19/h6-8,11,16H,5,9-10H2,1-4H3,(H,18,19). The van der Waals surface area contributed by atoms with Crippen molar-refractivity contribution in [3.63, 3.8) is 0 Å². The van der Waals surface area contributed by atoms with E-state index in [2.05, 4.69) is 31.1 Å². The van der Waals surface area contributed by atoms with Gasteiger partial charge < -0.3 is 15.3 Å². The molecule has 20 heavy (non-hydrogen) atoms. The minimum atomic E-state index is -0.882. The normalized spacial score (nSPS) is 12.4. The van der Waals surface area contributed by atoms with E-state index in [0.29, 0.717) is 17.3 Å². The van der Waals surface area contributed by atoms with Crippen LogP contribution in [-0.4, -0.2) is 48.4 Å². The Morgan fingerprint density at radius 3 is 2.75 bits per heavy atom. The summed E-state index contributed by atoms with van der Waals surface area (Å²) in [5.41, 5.74) is 1.06. The van der Waals surface area contributed by atoms with Crippen LogP contribution in [0.25, 0.3) is 0 Å². The summed E-state index contributed by atoms with van der Waals surface area (Å²) in [6.45, 7) is 5.98. The lowest BCUT2D eigenvalue weighted by Crippen LogP contribution is -2.32. The molecule has 1 atom stereocenters. The van der Waals surface area contributed by atoms with E-state index < -0.39 is 5.97 Å². The number of benzene rings is 1. The quantitative estimate of drug-likeness (QED) is 0.721. The molecule has 1 unspecified atom stereocenters. The van der Waals surface area contributed by atoms with Crippen LogP contribution in [0.4, 0.5) is 5.69 Å². The minimum Gasteiger partial charge on any atom is -0.478 e. The van der Waals surface area contributed by atoms with Crippen LogP contribution < -0.4 is 5.32 Å². The second-order valence-electron chi connectivity index (χ2n) is 4.85. The van der Waals surface area contributed by atoms with Gasteiger partial charge in [-0.1, -0.05) is 13.0 Å². The van der Waals surface area contributed by atoms with Gasteiger partial charge in [-0.2, -0.15) is 0 Å². The van der Waals surface area contributed by atoms with E-state index in [-0.39, 0.29) is 0 Å². The van der Waals surface area contributed by atoms with Crippen LogP contribution in [0, 0.1) is 0 Å². The number of hydrogen-bond acceptors (Lipinski definition) is 4. The molecule has 4 nitrogen and oxygen atoms in total. The van der Waals surface area contributed by atoms with Crippen molar-refractivity contribution in [2.75, 3.05) is 31.7 Å². The molecule has 112 valence electrons. The second kappa shape index (κ2) is 8.17. The van der Waals surface area contributed by atoms with Crippen LogP contribution in [0.15, 0.2) is 23.1 Å². The highest BCUT2D eigenvalue weighted by Gasteiger charge is 2.15. The maximum atomic E-state index is 11.4. The Morgan fingerprint density at radius 1 is 1.50 bits per heavy atom. The van der Waals surface area contributed by atoms with Crippen LogP contribution in [0.1, 0.15) is 30.6 Å². The van der Waals surface area contributed by atoms with Gasteiger partial charge in [-0.15, -0.1) is 11.8 Å². The van der Waals surface area contributed by atoms with Gasteiger partial charge in [0.05, 0.1) is 5.56 Å². The van der Waals surface area contributed by atoms with Crippen molar-refractivity contribution >= 4 is 23.4 Å². The molecule has 1 aromatic carbocycles. The van der Waals surface area contributed by atoms with Crippen molar-refractivity contribution in [1.82, 2.24) is 4.90 Å². The van der Waals surface area contributed by atoms with E-state index in [1.165, 1.54) is 11.8 Å². The van der Waals surface area contributed by atoms with E-state index in [1.54, 1.807) is 0 Å². The van der Waals surface area contributed by atoms with E-state index in [9.17, 15) is 9.90 Å². The summed E-state index contributed by atoms with van der Waals surface area (Å²) in [7, 11) is 2.09. The van der Waals surface area contributed by atoms with Crippen molar-refractivity contribution in [1.29, 1.82) is 0 Å². The summed E-state index contributed by atoms with van der Waals surface area (Å²) in [6, 6.07) is 6.09. The number of nitrogens with one attached hydrogen (secondary N) is 1. The lowest BCUT2D eigenvalue weighted by molar-refractivity contribution is 0.0694. The summed E-state index contributed by atoms with van der Waals surface area (Å²) >= 11 is 1.45. The fourth-order valence-electron chi connectivity index (χ4n) is 1.97. The van der Waals surface area contributed by atoms with E-state index >= 15 is 0 Å². The van der Waals surface area contributed by atoms with Gasteiger partial charge in [-0.25, -0.2) is 4.79 Å².